The van der Waals surface area contributed by atoms with E-state index in [2.05, 4.69) is 5.16 Å². The lowest BCUT2D eigenvalue weighted by Crippen LogP contribution is -2.56. The number of halogens is 1. The Morgan fingerprint density at radius 1 is 0.941 bits per heavy atom. The summed E-state index contributed by atoms with van der Waals surface area (Å²) in [7, 11) is 0. The molecule has 2 aliphatic heterocycles. The van der Waals surface area contributed by atoms with Crippen molar-refractivity contribution in [2.24, 2.45) is 5.16 Å². The molecule has 34 heavy (non-hydrogen) atoms. The van der Waals surface area contributed by atoms with Crippen molar-refractivity contribution in [1.29, 1.82) is 0 Å². The van der Waals surface area contributed by atoms with Gasteiger partial charge in [-0.3, -0.25) is 4.79 Å². The normalized spacial score (nSPS) is 18.9. The van der Waals surface area contributed by atoms with Gasteiger partial charge in [-0.2, -0.15) is 0 Å². The molecule has 2 amide bonds. The van der Waals surface area contributed by atoms with Crippen molar-refractivity contribution < 1.29 is 23.6 Å². The Morgan fingerprint density at radius 2 is 1.53 bits per heavy atom. The van der Waals surface area contributed by atoms with E-state index in [0.29, 0.717) is 24.1 Å². The number of benzene rings is 3. The Bertz CT molecular complexity index is 1170. The Hall–Kier alpha value is -4.00. The third-order valence-electron chi connectivity index (χ3n) is 6.22. The van der Waals surface area contributed by atoms with Gasteiger partial charge in [-0.1, -0.05) is 78.0 Å². The molecule has 172 valence electrons. The Labute approximate surface area is 196 Å². The number of carbonyl (C=O) groups excluding carboxylic acids is 2. The van der Waals surface area contributed by atoms with Crippen LogP contribution in [0.1, 0.15) is 23.1 Å². The molecule has 2 heterocycles. The summed E-state index contributed by atoms with van der Waals surface area (Å²) in [6.07, 6.45) is -0.578. The van der Waals surface area contributed by atoms with Gasteiger partial charge in [0.15, 0.2) is 0 Å². The maximum atomic E-state index is 13.7. The molecule has 0 radical (unpaired) electrons. The summed E-state index contributed by atoms with van der Waals surface area (Å²) in [6.45, 7) is 0.0831. The van der Waals surface area contributed by atoms with Crippen LogP contribution in [0, 0.1) is 5.82 Å². The second-order valence-electron chi connectivity index (χ2n) is 8.62. The fourth-order valence-electron chi connectivity index (χ4n) is 4.58. The van der Waals surface area contributed by atoms with Gasteiger partial charge in [0.25, 0.3) is 5.91 Å². The van der Waals surface area contributed by atoms with Crippen molar-refractivity contribution in [3.63, 3.8) is 0 Å². The molecule has 2 aliphatic rings. The summed E-state index contributed by atoms with van der Waals surface area (Å²) in [5.74, 6) is -0.850. The van der Waals surface area contributed by atoms with Gasteiger partial charge in [0.1, 0.15) is 12.4 Å². The fourth-order valence-corrected chi connectivity index (χ4v) is 4.58. The van der Waals surface area contributed by atoms with Crippen LogP contribution in [-0.4, -0.2) is 40.9 Å². The lowest BCUT2D eigenvalue weighted by atomic mass is 9.84. The van der Waals surface area contributed by atoms with Crippen molar-refractivity contribution in [1.82, 2.24) is 4.90 Å². The lowest BCUT2D eigenvalue weighted by Gasteiger charge is -2.35. The van der Waals surface area contributed by atoms with Crippen LogP contribution in [0.2, 0.25) is 0 Å². The van der Waals surface area contributed by atoms with Gasteiger partial charge in [0.05, 0.1) is 11.3 Å². The predicted octanol–water partition coefficient (Wildman–Crippen LogP) is 4.52. The fraction of sp³-hybridized carbons (Fsp3) is 0.222. The average Bonchev–Trinajstić information content (AvgIpc) is 3.46. The summed E-state index contributed by atoms with van der Waals surface area (Å²) in [4.78, 5) is 33.2. The van der Waals surface area contributed by atoms with E-state index in [0.717, 1.165) is 11.1 Å². The Morgan fingerprint density at radius 3 is 2.12 bits per heavy atom. The molecule has 5 rings (SSSR count). The minimum Gasteiger partial charge on any atom is -0.447 e. The molecule has 0 N–H and O–H groups in total. The van der Waals surface area contributed by atoms with Gasteiger partial charge in [-0.15, -0.1) is 0 Å². The van der Waals surface area contributed by atoms with Crippen LogP contribution >= 0.6 is 0 Å². The molecule has 0 spiro atoms. The third kappa shape index (κ3) is 4.29. The summed E-state index contributed by atoms with van der Waals surface area (Å²) < 4.78 is 18.7. The average molecular weight is 458 g/mol. The van der Waals surface area contributed by atoms with Crippen LogP contribution in [0.4, 0.5) is 9.18 Å². The van der Waals surface area contributed by atoms with E-state index in [9.17, 15) is 14.0 Å². The Kier molecular flexibility index (Phi) is 5.84. The highest BCUT2D eigenvalue weighted by Crippen LogP contribution is 2.34. The molecular weight excluding hydrogens is 435 g/mol. The Balaban J connectivity index is 1.43. The van der Waals surface area contributed by atoms with E-state index in [1.54, 1.807) is 12.1 Å². The zero-order chi connectivity index (χ0) is 23.5. The number of amides is 2. The molecule has 7 heteroatoms. The highest BCUT2D eigenvalue weighted by Gasteiger charge is 2.53. The SMILES string of the molecule is O=C1OCC(Cc2ccccc2)(Cc2ccccc2)N1C(=O)C1CC(c2ccc(F)cc2)=NO1. The maximum Gasteiger partial charge on any atom is 0.417 e. The zero-order valence-corrected chi connectivity index (χ0v) is 18.4. The number of carbonyl (C=O) groups is 2. The smallest absolute Gasteiger partial charge is 0.417 e. The molecule has 0 bridgehead atoms. The zero-order valence-electron chi connectivity index (χ0n) is 18.4. The first-order valence-corrected chi connectivity index (χ1v) is 11.1. The van der Waals surface area contributed by atoms with Crippen molar-refractivity contribution in [2.75, 3.05) is 6.61 Å². The van der Waals surface area contributed by atoms with Gasteiger partial charge in [-0.25, -0.2) is 14.1 Å². The van der Waals surface area contributed by atoms with E-state index >= 15 is 0 Å². The van der Waals surface area contributed by atoms with Gasteiger partial charge in [0.2, 0.25) is 6.10 Å². The second kappa shape index (κ2) is 9.09. The number of nitrogens with zero attached hydrogens (tertiary/aromatic N) is 2. The van der Waals surface area contributed by atoms with Crippen molar-refractivity contribution in [2.45, 2.75) is 30.9 Å². The molecule has 1 unspecified atom stereocenters. The topological polar surface area (TPSA) is 68.2 Å². The highest BCUT2D eigenvalue weighted by atomic mass is 19.1. The van der Waals surface area contributed by atoms with Crippen molar-refractivity contribution in [3.05, 3.63) is 107 Å². The number of hydrogen-bond acceptors (Lipinski definition) is 5. The number of imide groups is 1. The van der Waals surface area contributed by atoms with Gasteiger partial charge in [0, 0.05) is 6.42 Å². The molecule has 1 saturated heterocycles. The molecule has 6 nitrogen and oxygen atoms in total. The first kappa shape index (κ1) is 21.8. The van der Waals surface area contributed by atoms with Crippen LogP contribution in [0.3, 0.4) is 0 Å². The first-order valence-electron chi connectivity index (χ1n) is 11.1. The van der Waals surface area contributed by atoms with Crippen LogP contribution in [0.25, 0.3) is 0 Å². The maximum absolute atomic E-state index is 13.7. The van der Waals surface area contributed by atoms with Crippen LogP contribution < -0.4 is 0 Å². The predicted molar refractivity (Wildman–Crippen MR) is 124 cm³/mol. The summed E-state index contributed by atoms with van der Waals surface area (Å²) >= 11 is 0. The van der Waals surface area contributed by atoms with Crippen molar-refractivity contribution in [3.8, 4) is 0 Å². The molecule has 3 aromatic carbocycles. The number of hydrogen-bond donors (Lipinski definition) is 0. The standard InChI is InChI=1S/C27H23FN2O4/c28-22-13-11-21(12-14-22)23-15-24(34-29-23)25(31)30-26(32)33-18-27(30,16-19-7-3-1-4-8-19)17-20-9-5-2-6-10-20/h1-14,24H,15-18H2. The number of oxime groups is 1. The highest BCUT2D eigenvalue weighted by molar-refractivity contribution is 6.06. The van der Waals surface area contributed by atoms with Gasteiger partial charge >= 0.3 is 6.09 Å². The molecule has 0 aliphatic carbocycles. The van der Waals surface area contributed by atoms with E-state index < -0.39 is 23.6 Å². The summed E-state index contributed by atoms with van der Waals surface area (Å²) in [6, 6.07) is 25.3. The van der Waals surface area contributed by atoms with E-state index in [-0.39, 0.29) is 18.8 Å². The quantitative estimate of drug-likeness (QED) is 0.545. The lowest BCUT2D eigenvalue weighted by molar-refractivity contribution is -0.142. The molecule has 3 aromatic rings. The van der Waals surface area contributed by atoms with E-state index in [1.807, 2.05) is 60.7 Å². The number of ether oxygens (including phenoxy) is 1. The van der Waals surface area contributed by atoms with Crippen LogP contribution in [0.15, 0.2) is 90.1 Å². The first-order chi connectivity index (χ1) is 16.5. The van der Waals surface area contributed by atoms with Crippen LogP contribution in [-0.2, 0) is 27.2 Å². The second-order valence-corrected chi connectivity index (χ2v) is 8.62. The molecule has 1 atom stereocenters. The van der Waals surface area contributed by atoms with E-state index in [4.69, 9.17) is 9.57 Å². The van der Waals surface area contributed by atoms with Crippen molar-refractivity contribution >= 4 is 17.7 Å². The molecule has 1 fully saturated rings. The molecule has 0 saturated carbocycles. The monoisotopic (exact) mass is 458 g/mol. The largest absolute Gasteiger partial charge is 0.447 e. The number of rotatable bonds is 6. The molecule has 0 aromatic heterocycles. The van der Waals surface area contributed by atoms with Gasteiger partial charge in [-0.05, 0) is 41.7 Å². The third-order valence-corrected chi connectivity index (χ3v) is 6.22. The van der Waals surface area contributed by atoms with E-state index in [1.165, 1.54) is 17.0 Å². The summed E-state index contributed by atoms with van der Waals surface area (Å²) in [5.41, 5.74) is 2.28. The summed E-state index contributed by atoms with van der Waals surface area (Å²) in [5, 5.41) is 4.04. The molecular formula is C27H23FN2O4. The minimum absolute atomic E-state index is 0.0831. The van der Waals surface area contributed by atoms with Crippen LogP contribution in [0.5, 0.6) is 0 Å². The van der Waals surface area contributed by atoms with Gasteiger partial charge < -0.3 is 9.57 Å². The number of cyclic esters (lactones) is 1. The minimum atomic E-state index is -0.961.